The molecule has 4 aromatic rings. The Morgan fingerprint density at radius 3 is 2.53 bits per heavy atom. The molecule has 11 nitrogen and oxygen atoms in total. The number of ketones is 1. The number of aromatic nitrogens is 2. The summed E-state index contributed by atoms with van der Waals surface area (Å²) in [5.41, 5.74) is 0.438. The predicted molar refractivity (Wildman–Crippen MR) is 124 cm³/mol. The highest BCUT2D eigenvalue weighted by Crippen LogP contribution is 2.35. The van der Waals surface area contributed by atoms with Gasteiger partial charge in [0.2, 0.25) is 5.88 Å². The van der Waals surface area contributed by atoms with Gasteiger partial charge >= 0.3 is 5.97 Å². The van der Waals surface area contributed by atoms with Crippen LogP contribution in [0.3, 0.4) is 0 Å². The number of anilines is 2. The van der Waals surface area contributed by atoms with Gasteiger partial charge in [0.15, 0.2) is 15.1 Å². The monoisotopic (exact) mass is 502 g/mol. The highest BCUT2D eigenvalue weighted by Gasteiger charge is 2.26. The molecule has 0 aliphatic heterocycles. The first-order chi connectivity index (χ1) is 16.1. The number of sulfonamides is 1. The van der Waals surface area contributed by atoms with Crippen molar-refractivity contribution in [3.63, 3.8) is 0 Å². The quantitative estimate of drug-likeness (QED) is 0.179. The first kappa shape index (κ1) is 23.1. The highest BCUT2D eigenvalue weighted by atomic mass is 32.2. The SMILES string of the molecule is Cc1nc(NCC(=O)O)sc1S(=O)(=O)Nc1ccc2c(C(=O)c3ccccc3)c(O)n(O)c2c1. The first-order valence-electron chi connectivity index (χ1n) is 9.71. The van der Waals surface area contributed by atoms with E-state index in [9.17, 15) is 28.3 Å². The Labute approximate surface area is 196 Å². The Morgan fingerprint density at radius 2 is 1.85 bits per heavy atom. The average Bonchev–Trinajstić information content (AvgIpc) is 3.30. The van der Waals surface area contributed by atoms with E-state index < -0.39 is 34.2 Å². The molecule has 176 valence electrons. The molecule has 0 bridgehead atoms. The fraction of sp³-hybridized carbons (Fsp3) is 0.0952. The summed E-state index contributed by atoms with van der Waals surface area (Å²) in [6.07, 6.45) is 0. The largest absolute Gasteiger partial charge is 0.492 e. The van der Waals surface area contributed by atoms with Crippen LogP contribution in [0, 0.1) is 6.92 Å². The zero-order valence-electron chi connectivity index (χ0n) is 17.5. The lowest BCUT2D eigenvalue weighted by Crippen LogP contribution is -2.12. The van der Waals surface area contributed by atoms with E-state index in [2.05, 4.69) is 15.0 Å². The van der Waals surface area contributed by atoms with Crippen LogP contribution >= 0.6 is 11.3 Å². The summed E-state index contributed by atoms with van der Waals surface area (Å²) in [5.74, 6) is -2.30. The van der Waals surface area contributed by atoms with Crippen molar-refractivity contribution in [1.82, 2.24) is 9.71 Å². The van der Waals surface area contributed by atoms with Crippen molar-refractivity contribution in [1.29, 1.82) is 0 Å². The van der Waals surface area contributed by atoms with Gasteiger partial charge in [-0.05, 0) is 25.1 Å². The van der Waals surface area contributed by atoms with Crippen LogP contribution in [0.4, 0.5) is 10.8 Å². The van der Waals surface area contributed by atoms with Gasteiger partial charge in [-0.2, -0.15) is 4.73 Å². The average molecular weight is 503 g/mol. The normalized spacial score (nSPS) is 11.4. The summed E-state index contributed by atoms with van der Waals surface area (Å²) in [7, 11) is -4.11. The Bertz CT molecular complexity index is 1530. The molecule has 0 fully saturated rings. The number of aromatic hydroxyl groups is 1. The molecule has 0 atom stereocenters. The smallest absolute Gasteiger partial charge is 0.322 e. The lowest BCUT2D eigenvalue weighted by molar-refractivity contribution is -0.134. The summed E-state index contributed by atoms with van der Waals surface area (Å²) in [6.45, 7) is 1.05. The third-order valence-electron chi connectivity index (χ3n) is 4.82. The maximum absolute atomic E-state index is 12.9. The first-order valence-corrected chi connectivity index (χ1v) is 12.0. The lowest BCUT2D eigenvalue weighted by Gasteiger charge is -2.07. The number of hydrogen-bond acceptors (Lipinski definition) is 9. The molecular formula is C21H18N4O7S2. The zero-order valence-corrected chi connectivity index (χ0v) is 19.1. The van der Waals surface area contributed by atoms with Gasteiger partial charge in [-0.25, -0.2) is 13.4 Å². The fourth-order valence-electron chi connectivity index (χ4n) is 3.34. The van der Waals surface area contributed by atoms with E-state index >= 15 is 0 Å². The molecule has 0 unspecified atom stereocenters. The van der Waals surface area contributed by atoms with E-state index in [-0.39, 0.29) is 37.2 Å². The summed E-state index contributed by atoms with van der Waals surface area (Å²) in [5, 5.41) is 32.4. The molecule has 0 saturated heterocycles. The fourth-order valence-corrected chi connectivity index (χ4v) is 5.80. The van der Waals surface area contributed by atoms with Crippen LogP contribution in [0.2, 0.25) is 0 Å². The van der Waals surface area contributed by atoms with Crippen LogP contribution in [0.1, 0.15) is 21.6 Å². The van der Waals surface area contributed by atoms with Crippen molar-refractivity contribution < 1.29 is 33.4 Å². The van der Waals surface area contributed by atoms with Gasteiger partial charge in [0.05, 0.1) is 22.5 Å². The topological polar surface area (TPSA) is 171 Å². The number of carboxylic acids is 1. The minimum absolute atomic E-state index is 0.0156. The molecule has 0 aliphatic rings. The number of aliphatic carboxylic acids is 1. The lowest BCUT2D eigenvalue weighted by atomic mass is 10.0. The number of thiazole rings is 1. The molecule has 0 saturated carbocycles. The number of rotatable bonds is 8. The number of aryl methyl sites for hydroxylation is 1. The van der Waals surface area contributed by atoms with E-state index in [1.54, 1.807) is 30.3 Å². The Kier molecular flexibility index (Phi) is 5.89. The third kappa shape index (κ3) is 4.25. The molecule has 2 heterocycles. The van der Waals surface area contributed by atoms with Gasteiger partial charge in [0.1, 0.15) is 6.54 Å². The Balaban J connectivity index is 1.67. The second kappa shape index (κ2) is 8.68. The number of carboxylic acid groups (broad SMARTS) is 1. The molecule has 0 amide bonds. The molecule has 4 rings (SSSR count). The van der Waals surface area contributed by atoms with Gasteiger partial charge in [-0.1, -0.05) is 41.7 Å². The number of fused-ring (bicyclic) bond motifs is 1. The zero-order chi connectivity index (χ0) is 24.6. The molecule has 0 aliphatic carbocycles. The molecule has 13 heteroatoms. The van der Waals surface area contributed by atoms with Crippen molar-refractivity contribution in [2.75, 3.05) is 16.6 Å². The van der Waals surface area contributed by atoms with Crippen LogP contribution in [-0.4, -0.2) is 51.8 Å². The van der Waals surface area contributed by atoms with Crippen LogP contribution in [0.25, 0.3) is 10.9 Å². The van der Waals surface area contributed by atoms with E-state index in [0.717, 1.165) is 11.3 Å². The van der Waals surface area contributed by atoms with Crippen LogP contribution in [0.15, 0.2) is 52.7 Å². The van der Waals surface area contributed by atoms with Crippen molar-refractivity contribution >= 4 is 54.8 Å². The maximum Gasteiger partial charge on any atom is 0.322 e. The molecule has 0 spiro atoms. The van der Waals surface area contributed by atoms with E-state index in [4.69, 9.17) is 5.11 Å². The van der Waals surface area contributed by atoms with Crippen LogP contribution in [-0.2, 0) is 14.8 Å². The maximum atomic E-state index is 12.9. The second-order valence-electron chi connectivity index (χ2n) is 7.18. The predicted octanol–water partition coefficient (Wildman–Crippen LogP) is 2.88. The van der Waals surface area contributed by atoms with Crippen LogP contribution in [0.5, 0.6) is 5.88 Å². The van der Waals surface area contributed by atoms with Crippen molar-refractivity contribution in [3.8, 4) is 5.88 Å². The highest BCUT2D eigenvalue weighted by molar-refractivity contribution is 7.94. The number of nitrogens with zero attached hydrogens (tertiary/aromatic N) is 2. The molecule has 0 radical (unpaired) electrons. The molecule has 34 heavy (non-hydrogen) atoms. The summed E-state index contributed by atoms with van der Waals surface area (Å²) < 4.78 is 28.5. The van der Waals surface area contributed by atoms with Gasteiger partial charge in [0.25, 0.3) is 10.0 Å². The summed E-state index contributed by atoms with van der Waals surface area (Å²) >= 11 is 0.767. The van der Waals surface area contributed by atoms with Gasteiger partial charge in [0, 0.05) is 10.9 Å². The summed E-state index contributed by atoms with van der Waals surface area (Å²) in [4.78, 5) is 27.6. The van der Waals surface area contributed by atoms with Crippen molar-refractivity contribution in [2.24, 2.45) is 0 Å². The second-order valence-corrected chi connectivity index (χ2v) is 10.1. The van der Waals surface area contributed by atoms with Gasteiger partial charge < -0.3 is 20.7 Å². The van der Waals surface area contributed by atoms with E-state index in [0.29, 0.717) is 10.3 Å². The molecule has 2 aromatic carbocycles. The van der Waals surface area contributed by atoms with Crippen molar-refractivity contribution in [2.45, 2.75) is 11.1 Å². The van der Waals surface area contributed by atoms with Gasteiger partial charge in [-0.3, -0.25) is 14.3 Å². The minimum Gasteiger partial charge on any atom is -0.492 e. The molecular weight excluding hydrogens is 484 g/mol. The number of hydrogen-bond donors (Lipinski definition) is 5. The Morgan fingerprint density at radius 1 is 1.15 bits per heavy atom. The number of benzene rings is 2. The van der Waals surface area contributed by atoms with E-state index in [1.807, 2.05) is 0 Å². The number of nitrogens with one attached hydrogen (secondary N) is 2. The molecule has 2 aromatic heterocycles. The standard InChI is InChI=1S/C21H18N4O7S2/c1-11-20(33-21(23-11)22-10-16(26)27)34(31,32)24-13-7-8-14-15(9-13)25(30)19(29)17(14)18(28)12-5-3-2-4-6-12/h2-9,24,29-30H,10H2,1H3,(H,22,23)(H,26,27). The van der Waals surface area contributed by atoms with E-state index in [1.165, 1.54) is 25.1 Å². The van der Waals surface area contributed by atoms with Crippen molar-refractivity contribution in [3.05, 3.63) is 65.4 Å². The third-order valence-corrected chi connectivity index (χ3v) is 7.93. The summed E-state index contributed by atoms with van der Waals surface area (Å²) in [6, 6.07) is 12.3. The minimum atomic E-state index is -4.11. The number of carbonyl (C=O) groups excluding carboxylic acids is 1. The molecule has 5 N–H and O–H groups in total. The van der Waals surface area contributed by atoms with Crippen LogP contribution < -0.4 is 10.0 Å². The number of carbonyl (C=O) groups is 2. The Hall–Kier alpha value is -4.10. The van der Waals surface area contributed by atoms with Gasteiger partial charge in [-0.15, -0.1) is 0 Å².